The van der Waals surface area contributed by atoms with Crippen LogP contribution in [0.1, 0.15) is 10.5 Å². The van der Waals surface area contributed by atoms with E-state index in [1.807, 2.05) is 0 Å². The molecule has 1 amide bonds. The Labute approximate surface area is 161 Å². The summed E-state index contributed by atoms with van der Waals surface area (Å²) in [6.07, 6.45) is 2.83. The molecule has 0 aliphatic carbocycles. The molecule has 27 heavy (non-hydrogen) atoms. The van der Waals surface area contributed by atoms with E-state index in [1.165, 1.54) is 46.6 Å². The van der Waals surface area contributed by atoms with Crippen LogP contribution in [-0.4, -0.2) is 30.9 Å². The second-order valence-corrected chi connectivity index (χ2v) is 6.66. The maximum atomic E-state index is 13.4. The maximum absolute atomic E-state index is 13.4. The highest BCUT2D eigenvalue weighted by Crippen LogP contribution is 2.24. The average Bonchev–Trinajstić information content (AvgIpc) is 3.32. The Bertz CT molecular complexity index is 1110. The Morgan fingerprint density at radius 1 is 1.19 bits per heavy atom. The van der Waals surface area contributed by atoms with Crippen molar-refractivity contribution < 1.29 is 9.18 Å². The van der Waals surface area contributed by atoms with Crippen LogP contribution >= 0.6 is 22.9 Å². The van der Waals surface area contributed by atoms with Crippen LogP contribution in [0.4, 0.5) is 9.52 Å². The Kier molecular flexibility index (Phi) is 4.61. The highest BCUT2D eigenvalue weighted by atomic mass is 35.5. The molecule has 1 N–H and O–H groups in total. The van der Waals surface area contributed by atoms with Crippen molar-refractivity contribution in [2.45, 2.75) is 0 Å². The number of hydrogen-bond acceptors (Lipinski definition) is 6. The number of carbonyl (C=O) groups is 1. The van der Waals surface area contributed by atoms with Crippen LogP contribution in [0, 0.1) is 5.82 Å². The minimum absolute atomic E-state index is 0.155. The first-order chi connectivity index (χ1) is 13.1. The number of rotatable bonds is 4. The highest BCUT2D eigenvalue weighted by Gasteiger charge is 2.17. The summed E-state index contributed by atoms with van der Waals surface area (Å²) >= 11 is 7.08. The molecule has 4 rings (SSSR count). The SMILES string of the molecule is O=C(Nc1nc(-c2ccc(Cl)cn2)cs1)c1cnnn1-c1cccc(F)c1. The summed E-state index contributed by atoms with van der Waals surface area (Å²) in [6, 6.07) is 9.18. The summed E-state index contributed by atoms with van der Waals surface area (Å²) in [7, 11) is 0. The number of pyridine rings is 1. The van der Waals surface area contributed by atoms with Crippen molar-refractivity contribution in [1.29, 1.82) is 0 Å². The van der Waals surface area contributed by atoms with E-state index in [-0.39, 0.29) is 5.69 Å². The average molecular weight is 401 g/mol. The monoisotopic (exact) mass is 400 g/mol. The number of thiazole rings is 1. The van der Waals surface area contributed by atoms with E-state index < -0.39 is 11.7 Å². The minimum atomic E-state index is -0.464. The van der Waals surface area contributed by atoms with Gasteiger partial charge < -0.3 is 0 Å². The molecule has 0 spiro atoms. The summed E-state index contributed by atoms with van der Waals surface area (Å²) in [5, 5.41) is 13.0. The molecule has 0 unspecified atom stereocenters. The molecule has 0 bridgehead atoms. The third kappa shape index (κ3) is 3.69. The third-order valence-electron chi connectivity index (χ3n) is 3.55. The Morgan fingerprint density at radius 2 is 2.07 bits per heavy atom. The van der Waals surface area contributed by atoms with E-state index in [1.54, 1.807) is 23.6 Å². The molecular formula is C17H10ClFN6OS. The van der Waals surface area contributed by atoms with Gasteiger partial charge in [0.05, 0.1) is 22.6 Å². The van der Waals surface area contributed by atoms with Crippen molar-refractivity contribution in [3.8, 4) is 17.1 Å². The lowest BCUT2D eigenvalue weighted by molar-refractivity contribution is 0.101. The molecule has 1 aromatic carbocycles. The largest absolute Gasteiger partial charge is 0.296 e. The zero-order chi connectivity index (χ0) is 18.8. The van der Waals surface area contributed by atoms with Gasteiger partial charge in [-0.05, 0) is 30.3 Å². The number of nitrogens with one attached hydrogen (secondary N) is 1. The van der Waals surface area contributed by atoms with Crippen molar-refractivity contribution >= 4 is 34.0 Å². The molecule has 0 radical (unpaired) electrons. The van der Waals surface area contributed by atoms with Crippen molar-refractivity contribution in [1.82, 2.24) is 25.0 Å². The predicted molar refractivity (Wildman–Crippen MR) is 99.6 cm³/mol. The Balaban J connectivity index is 1.56. The van der Waals surface area contributed by atoms with E-state index in [9.17, 15) is 9.18 Å². The van der Waals surface area contributed by atoms with Crippen LogP contribution in [0.2, 0.25) is 5.02 Å². The predicted octanol–water partition coefficient (Wildman–Crippen LogP) is 3.83. The fourth-order valence-corrected chi connectivity index (χ4v) is 3.14. The van der Waals surface area contributed by atoms with E-state index in [2.05, 4.69) is 25.6 Å². The van der Waals surface area contributed by atoms with Gasteiger partial charge >= 0.3 is 0 Å². The fraction of sp³-hybridized carbons (Fsp3) is 0. The first-order valence-corrected chi connectivity index (χ1v) is 8.91. The summed E-state index contributed by atoms with van der Waals surface area (Å²) < 4.78 is 14.7. The van der Waals surface area contributed by atoms with Gasteiger partial charge in [0.25, 0.3) is 5.91 Å². The number of halogens is 2. The van der Waals surface area contributed by atoms with Crippen molar-refractivity contribution in [3.63, 3.8) is 0 Å². The second-order valence-electron chi connectivity index (χ2n) is 5.36. The molecular weight excluding hydrogens is 391 g/mol. The third-order valence-corrected chi connectivity index (χ3v) is 4.53. The van der Waals surface area contributed by atoms with Gasteiger partial charge in [0.15, 0.2) is 10.8 Å². The number of benzene rings is 1. The van der Waals surface area contributed by atoms with E-state index in [0.29, 0.717) is 27.2 Å². The highest BCUT2D eigenvalue weighted by molar-refractivity contribution is 7.14. The van der Waals surface area contributed by atoms with Crippen LogP contribution in [0.25, 0.3) is 17.1 Å². The number of hydrogen-bond donors (Lipinski definition) is 1. The maximum Gasteiger partial charge on any atom is 0.277 e. The molecule has 3 aromatic heterocycles. The molecule has 0 aliphatic rings. The minimum Gasteiger partial charge on any atom is -0.296 e. The van der Waals surface area contributed by atoms with Crippen molar-refractivity contribution in [3.05, 3.63) is 70.7 Å². The summed E-state index contributed by atoms with van der Waals surface area (Å²) in [6.45, 7) is 0. The lowest BCUT2D eigenvalue weighted by atomic mass is 10.3. The van der Waals surface area contributed by atoms with Gasteiger partial charge in [-0.15, -0.1) is 16.4 Å². The lowest BCUT2D eigenvalue weighted by Crippen LogP contribution is -2.17. The molecule has 0 fully saturated rings. The number of nitrogens with zero attached hydrogens (tertiary/aromatic N) is 5. The van der Waals surface area contributed by atoms with Gasteiger partial charge in [-0.2, -0.15) is 0 Å². The molecule has 0 aliphatic heterocycles. The van der Waals surface area contributed by atoms with E-state index in [0.717, 1.165) is 0 Å². The Morgan fingerprint density at radius 3 is 2.85 bits per heavy atom. The van der Waals surface area contributed by atoms with Gasteiger partial charge in [-0.25, -0.2) is 14.1 Å². The standard InChI is InChI=1S/C17H10ClFN6OS/c18-10-4-5-13(20-7-10)14-9-27-17(22-14)23-16(26)15-8-21-24-25(15)12-3-1-2-11(19)6-12/h1-9H,(H,22,23,26). The second kappa shape index (κ2) is 7.22. The quantitative estimate of drug-likeness (QED) is 0.562. The zero-order valence-corrected chi connectivity index (χ0v) is 15.1. The van der Waals surface area contributed by atoms with Gasteiger partial charge in [0, 0.05) is 11.6 Å². The van der Waals surface area contributed by atoms with Crippen LogP contribution < -0.4 is 5.32 Å². The molecule has 0 saturated carbocycles. The van der Waals surface area contributed by atoms with Gasteiger partial charge in [-0.3, -0.25) is 15.1 Å². The first kappa shape index (κ1) is 17.3. The van der Waals surface area contributed by atoms with Gasteiger partial charge in [0.1, 0.15) is 11.5 Å². The van der Waals surface area contributed by atoms with Crippen LogP contribution in [-0.2, 0) is 0 Å². The summed E-state index contributed by atoms with van der Waals surface area (Å²) in [4.78, 5) is 21.1. The summed E-state index contributed by atoms with van der Waals surface area (Å²) in [5.41, 5.74) is 1.80. The topological polar surface area (TPSA) is 85.6 Å². The van der Waals surface area contributed by atoms with E-state index in [4.69, 9.17) is 11.6 Å². The molecule has 134 valence electrons. The van der Waals surface area contributed by atoms with Gasteiger partial charge in [0.2, 0.25) is 0 Å². The molecule has 7 nitrogen and oxygen atoms in total. The van der Waals surface area contributed by atoms with Crippen molar-refractivity contribution in [2.75, 3.05) is 5.32 Å². The van der Waals surface area contributed by atoms with Crippen LogP contribution in [0.15, 0.2) is 54.2 Å². The molecule has 0 atom stereocenters. The lowest BCUT2D eigenvalue weighted by Gasteiger charge is -2.05. The molecule has 4 aromatic rings. The Hall–Kier alpha value is -3.17. The zero-order valence-electron chi connectivity index (χ0n) is 13.5. The van der Waals surface area contributed by atoms with E-state index >= 15 is 0 Å². The number of anilines is 1. The number of amides is 1. The smallest absolute Gasteiger partial charge is 0.277 e. The van der Waals surface area contributed by atoms with Crippen molar-refractivity contribution in [2.24, 2.45) is 0 Å². The number of aromatic nitrogens is 5. The van der Waals surface area contributed by atoms with Gasteiger partial charge in [-0.1, -0.05) is 22.9 Å². The van der Waals surface area contributed by atoms with Crippen LogP contribution in [0.5, 0.6) is 0 Å². The first-order valence-electron chi connectivity index (χ1n) is 7.65. The molecule has 3 heterocycles. The summed E-state index contributed by atoms with van der Waals surface area (Å²) in [5.74, 6) is -0.899. The molecule has 0 saturated heterocycles. The number of carbonyl (C=O) groups excluding carboxylic acids is 1. The van der Waals surface area contributed by atoms with Crippen LogP contribution in [0.3, 0.4) is 0 Å². The normalized spacial score (nSPS) is 10.7. The molecule has 10 heteroatoms. The fourth-order valence-electron chi connectivity index (χ4n) is 2.33.